The van der Waals surface area contributed by atoms with Crippen LogP contribution < -0.4 is 0 Å². The molecule has 3 nitrogen and oxygen atoms in total. The van der Waals surface area contributed by atoms with Gasteiger partial charge in [-0.2, -0.15) is 0 Å². The van der Waals surface area contributed by atoms with Gasteiger partial charge in [-0.25, -0.2) is 4.99 Å². The Kier molecular flexibility index (Phi) is 0.602. The lowest BCUT2D eigenvalue weighted by atomic mass is 10.8. The molecule has 0 saturated carbocycles. The van der Waals surface area contributed by atoms with E-state index in [1.165, 1.54) is 6.21 Å². The van der Waals surface area contributed by atoms with Crippen LogP contribution in [0.4, 0.5) is 0 Å². The molecule has 0 spiro atoms. The van der Waals surface area contributed by atoms with E-state index in [2.05, 4.69) is 9.73 Å². The van der Waals surface area contributed by atoms with Gasteiger partial charge in [-0.3, -0.25) is 5.41 Å². The number of aliphatic imine (C=N–C) groups is 1. The highest BCUT2D eigenvalue weighted by molar-refractivity contribution is 6.25. The SMILES string of the molecule is N=C1C=NCO1. The van der Waals surface area contributed by atoms with Crippen LogP contribution in [0.15, 0.2) is 4.99 Å². The summed E-state index contributed by atoms with van der Waals surface area (Å²) in [6, 6.07) is 0. The predicted molar refractivity (Wildman–Crippen MR) is 22.2 cm³/mol. The molecule has 1 heterocycles. The third-order valence-corrected chi connectivity index (χ3v) is 0.503. The Morgan fingerprint density at radius 2 is 2.83 bits per heavy atom. The lowest BCUT2D eigenvalue weighted by molar-refractivity contribution is 0.337. The molecule has 0 aromatic heterocycles. The van der Waals surface area contributed by atoms with Gasteiger partial charge in [0, 0.05) is 0 Å². The molecule has 32 valence electrons. The summed E-state index contributed by atoms with van der Waals surface area (Å²) in [5.74, 6) is 0.162. The molecule has 0 amide bonds. The third kappa shape index (κ3) is 0.381. The van der Waals surface area contributed by atoms with E-state index < -0.39 is 0 Å². The topological polar surface area (TPSA) is 45.4 Å². The van der Waals surface area contributed by atoms with Gasteiger partial charge in [-0.05, 0) is 0 Å². The number of ether oxygens (including phenoxy) is 1. The number of hydrogen-bond donors (Lipinski definition) is 1. The van der Waals surface area contributed by atoms with E-state index in [0.717, 1.165) is 0 Å². The third-order valence-electron chi connectivity index (χ3n) is 0.503. The summed E-state index contributed by atoms with van der Waals surface area (Å²) in [4.78, 5) is 3.59. The fourth-order valence-corrected chi connectivity index (χ4v) is 0.264. The number of hydrogen-bond acceptors (Lipinski definition) is 3. The van der Waals surface area contributed by atoms with Gasteiger partial charge in [0.25, 0.3) is 0 Å². The summed E-state index contributed by atoms with van der Waals surface area (Å²) < 4.78 is 4.51. The summed E-state index contributed by atoms with van der Waals surface area (Å²) in [5, 5.41) is 6.68. The summed E-state index contributed by atoms with van der Waals surface area (Å²) in [7, 11) is 0. The molecule has 0 saturated heterocycles. The van der Waals surface area contributed by atoms with Crippen molar-refractivity contribution in [3.63, 3.8) is 0 Å². The molecule has 0 aromatic carbocycles. The normalized spacial score (nSPS) is 18.3. The molecular formula is C3H4N2O. The smallest absolute Gasteiger partial charge is 0.226 e. The molecule has 0 atom stereocenters. The van der Waals surface area contributed by atoms with Gasteiger partial charge >= 0.3 is 0 Å². The first-order valence-electron chi connectivity index (χ1n) is 1.61. The van der Waals surface area contributed by atoms with Crippen LogP contribution in [0.5, 0.6) is 0 Å². The van der Waals surface area contributed by atoms with E-state index >= 15 is 0 Å². The van der Waals surface area contributed by atoms with Crippen LogP contribution in [0, 0.1) is 5.41 Å². The fourth-order valence-electron chi connectivity index (χ4n) is 0.264. The standard InChI is InChI=1S/C3H4N2O/c4-3-1-5-2-6-3/h1,4H,2H2. The van der Waals surface area contributed by atoms with E-state index in [1.807, 2.05) is 0 Å². The number of rotatable bonds is 0. The Labute approximate surface area is 35.2 Å². The number of nitrogens with one attached hydrogen (secondary N) is 1. The maximum absolute atomic E-state index is 6.68. The molecule has 1 rings (SSSR count). The molecule has 6 heavy (non-hydrogen) atoms. The van der Waals surface area contributed by atoms with Crippen molar-refractivity contribution in [2.45, 2.75) is 0 Å². The highest BCUT2D eigenvalue weighted by Gasteiger charge is 1.95. The fraction of sp³-hybridized carbons (Fsp3) is 0.333. The minimum Gasteiger partial charge on any atom is -0.454 e. The number of nitrogens with zero attached hydrogens (tertiary/aromatic N) is 1. The van der Waals surface area contributed by atoms with Crippen molar-refractivity contribution in [1.29, 1.82) is 5.41 Å². The van der Waals surface area contributed by atoms with Gasteiger partial charge in [-0.1, -0.05) is 0 Å². The summed E-state index contributed by atoms with van der Waals surface area (Å²) in [6.45, 7) is 0.332. The summed E-state index contributed by atoms with van der Waals surface area (Å²) >= 11 is 0. The van der Waals surface area contributed by atoms with Crippen molar-refractivity contribution in [2.75, 3.05) is 6.73 Å². The zero-order valence-corrected chi connectivity index (χ0v) is 3.14. The van der Waals surface area contributed by atoms with Gasteiger partial charge in [0.05, 0.1) is 6.21 Å². The Morgan fingerprint density at radius 1 is 2.00 bits per heavy atom. The molecule has 1 aliphatic rings. The minimum absolute atomic E-state index is 0.162. The van der Waals surface area contributed by atoms with Crippen LogP contribution in [0.3, 0.4) is 0 Å². The molecular weight excluding hydrogens is 80.0 g/mol. The lowest BCUT2D eigenvalue weighted by Crippen LogP contribution is -1.92. The van der Waals surface area contributed by atoms with E-state index in [1.54, 1.807) is 0 Å². The average molecular weight is 84.1 g/mol. The van der Waals surface area contributed by atoms with Crippen LogP contribution in [0.1, 0.15) is 0 Å². The maximum Gasteiger partial charge on any atom is 0.226 e. The molecule has 1 N–H and O–H groups in total. The molecule has 0 unspecified atom stereocenters. The maximum atomic E-state index is 6.68. The van der Waals surface area contributed by atoms with Gasteiger partial charge < -0.3 is 4.74 Å². The Bertz CT molecular complexity index is 97.0. The van der Waals surface area contributed by atoms with Crippen molar-refractivity contribution in [3.8, 4) is 0 Å². The second-order valence-corrected chi connectivity index (χ2v) is 0.949. The first-order valence-corrected chi connectivity index (χ1v) is 1.61. The monoisotopic (exact) mass is 84.0 g/mol. The average Bonchev–Trinajstić information content (AvgIpc) is 1.86. The van der Waals surface area contributed by atoms with Crippen LogP contribution in [-0.4, -0.2) is 18.8 Å². The molecule has 0 bridgehead atoms. The van der Waals surface area contributed by atoms with Crippen molar-refractivity contribution in [1.82, 2.24) is 0 Å². The lowest BCUT2D eigenvalue weighted by Gasteiger charge is -1.83. The quantitative estimate of drug-likeness (QED) is 0.442. The molecule has 0 radical (unpaired) electrons. The molecule has 3 heteroatoms. The second kappa shape index (κ2) is 1.08. The second-order valence-electron chi connectivity index (χ2n) is 0.949. The molecule has 0 fully saturated rings. The predicted octanol–water partition coefficient (Wildman–Crippen LogP) is 0.0222. The van der Waals surface area contributed by atoms with Gasteiger partial charge in [0.2, 0.25) is 5.90 Å². The van der Waals surface area contributed by atoms with E-state index in [4.69, 9.17) is 5.41 Å². The van der Waals surface area contributed by atoms with E-state index in [-0.39, 0.29) is 5.90 Å². The zero-order valence-electron chi connectivity index (χ0n) is 3.14. The summed E-state index contributed by atoms with van der Waals surface area (Å²) in [6.07, 6.45) is 1.39. The Morgan fingerprint density at radius 3 is 3.00 bits per heavy atom. The minimum atomic E-state index is 0.162. The molecule has 0 aromatic rings. The van der Waals surface area contributed by atoms with E-state index in [9.17, 15) is 0 Å². The molecule has 1 aliphatic heterocycles. The van der Waals surface area contributed by atoms with E-state index in [0.29, 0.717) is 6.73 Å². The summed E-state index contributed by atoms with van der Waals surface area (Å²) in [5.41, 5.74) is 0. The zero-order chi connectivity index (χ0) is 4.41. The van der Waals surface area contributed by atoms with Crippen molar-refractivity contribution in [2.24, 2.45) is 4.99 Å². The highest BCUT2D eigenvalue weighted by Crippen LogP contribution is 1.83. The Hall–Kier alpha value is -0.860. The first-order chi connectivity index (χ1) is 2.89. The highest BCUT2D eigenvalue weighted by atomic mass is 16.5. The first kappa shape index (κ1) is 3.33. The van der Waals surface area contributed by atoms with Crippen molar-refractivity contribution in [3.05, 3.63) is 0 Å². The van der Waals surface area contributed by atoms with Crippen LogP contribution in [0.25, 0.3) is 0 Å². The largest absolute Gasteiger partial charge is 0.454 e. The van der Waals surface area contributed by atoms with Gasteiger partial charge in [-0.15, -0.1) is 0 Å². The van der Waals surface area contributed by atoms with Crippen molar-refractivity contribution < 1.29 is 4.74 Å². The molecule has 0 aliphatic carbocycles. The van der Waals surface area contributed by atoms with Gasteiger partial charge in [0.15, 0.2) is 6.73 Å². The van der Waals surface area contributed by atoms with Gasteiger partial charge in [0.1, 0.15) is 0 Å². The Balaban J connectivity index is 2.59. The van der Waals surface area contributed by atoms with Crippen molar-refractivity contribution >= 4 is 12.1 Å². The van der Waals surface area contributed by atoms with Crippen LogP contribution in [0.2, 0.25) is 0 Å². The van der Waals surface area contributed by atoms with Crippen LogP contribution in [-0.2, 0) is 4.74 Å². The van der Waals surface area contributed by atoms with Crippen LogP contribution >= 0.6 is 0 Å².